The topological polar surface area (TPSA) is 143 Å². The van der Waals surface area contributed by atoms with E-state index in [-0.39, 0.29) is 81.0 Å². The van der Waals surface area contributed by atoms with Crippen molar-refractivity contribution in [3.8, 4) is 22.4 Å². The highest BCUT2D eigenvalue weighted by Crippen LogP contribution is 2.33. The lowest BCUT2D eigenvalue weighted by Gasteiger charge is -2.40. The summed E-state index contributed by atoms with van der Waals surface area (Å²) in [6.45, 7) is 5.20. The van der Waals surface area contributed by atoms with Crippen molar-refractivity contribution in [2.75, 3.05) is 69.5 Å². The lowest BCUT2D eigenvalue weighted by atomic mass is 9.94. The summed E-state index contributed by atoms with van der Waals surface area (Å²) in [6, 6.07) is 12.2. The van der Waals surface area contributed by atoms with E-state index in [1.807, 2.05) is 4.90 Å². The summed E-state index contributed by atoms with van der Waals surface area (Å²) >= 11 is 6.56. The number of likely N-dealkylation sites (tertiary alicyclic amines) is 1. The van der Waals surface area contributed by atoms with Gasteiger partial charge in [0, 0.05) is 80.6 Å². The molecule has 2 saturated heterocycles. The van der Waals surface area contributed by atoms with Crippen LogP contribution in [-0.4, -0.2) is 120 Å². The number of amides is 3. The van der Waals surface area contributed by atoms with Gasteiger partial charge >= 0.3 is 0 Å². The van der Waals surface area contributed by atoms with Crippen LogP contribution in [0.2, 0.25) is 5.02 Å². The second kappa shape index (κ2) is 17.7. The number of piperidine rings is 1. The van der Waals surface area contributed by atoms with Crippen LogP contribution in [0.3, 0.4) is 0 Å². The first kappa shape index (κ1) is 43.4. The molecule has 0 saturated carbocycles. The van der Waals surface area contributed by atoms with Gasteiger partial charge in [-0.3, -0.25) is 23.4 Å². The van der Waals surface area contributed by atoms with Gasteiger partial charge in [0.05, 0.1) is 74.1 Å². The Kier molecular flexibility index (Phi) is 12.6. The van der Waals surface area contributed by atoms with Gasteiger partial charge in [-0.2, -0.15) is 5.10 Å². The van der Waals surface area contributed by atoms with Crippen LogP contribution < -0.4 is 9.62 Å². The Labute approximate surface area is 357 Å². The molecule has 0 atom stereocenters. The Morgan fingerprint density at radius 1 is 0.902 bits per heavy atom. The van der Waals surface area contributed by atoms with Crippen LogP contribution in [-0.2, 0) is 29.3 Å². The van der Waals surface area contributed by atoms with Crippen molar-refractivity contribution in [3.63, 3.8) is 0 Å². The van der Waals surface area contributed by atoms with Crippen molar-refractivity contribution in [2.45, 2.75) is 26.3 Å². The predicted molar refractivity (Wildman–Crippen MR) is 225 cm³/mol. The van der Waals surface area contributed by atoms with Gasteiger partial charge in [-0.1, -0.05) is 17.7 Å². The van der Waals surface area contributed by atoms with Gasteiger partial charge in [0.1, 0.15) is 5.82 Å². The van der Waals surface area contributed by atoms with Gasteiger partial charge in [-0.15, -0.1) is 0 Å². The number of thiol groups is 1. The number of hydrogen-bond donors (Lipinski definition) is 2. The normalized spacial score (nSPS) is 15.6. The summed E-state index contributed by atoms with van der Waals surface area (Å²) in [6.07, 6.45) is 4.45. The minimum atomic E-state index is -3.06. The molecule has 0 bridgehead atoms. The van der Waals surface area contributed by atoms with Crippen LogP contribution in [0.5, 0.6) is 0 Å². The van der Waals surface area contributed by atoms with Gasteiger partial charge in [0.2, 0.25) is 16.8 Å². The summed E-state index contributed by atoms with van der Waals surface area (Å²) in [7, 11) is 2.78. The molecule has 2 aromatic heterocycles. The molecule has 14 nitrogen and oxygen atoms in total. The van der Waals surface area contributed by atoms with Crippen molar-refractivity contribution < 1.29 is 40.5 Å². The zero-order valence-corrected chi connectivity index (χ0v) is 35.7. The Morgan fingerprint density at radius 3 is 2.20 bits per heavy atom. The summed E-state index contributed by atoms with van der Waals surface area (Å²) in [5.41, 5.74) is 1.34. The second-order valence-corrected chi connectivity index (χ2v) is 17.3. The lowest BCUT2D eigenvalue weighted by Crippen LogP contribution is -2.54. The molecule has 0 radical (unpaired) electrons. The third-order valence-corrected chi connectivity index (χ3v) is 12.6. The second-order valence-electron chi connectivity index (χ2n) is 16.0. The number of carbonyl (C=O) groups is 3. The average molecular weight is 881 g/mol. The van der Waals surface area contributed by atoms with Crippen LogP contribution >= 0.6 is 11.6 Å². The third kappa shape index (κ3) is 9.30. The third-order valence-electron chi connectivity index (χ3n) is 11.5. The number of nitrogens with zero attached hydrogens (tertiary/aromatic N) is 8. The van der Waals surface area contributed by atoms with Crippen LogP contribution in [0.4, 0.5) is 24.5 Å². The summed E-state index contributed by atoms with van der Waals surface area (Å²) in [5.74, 6) is -3.74. The molecule has 322 valence electrons. The predicted octanol–water partition coefficient (Wildman–Crippen LogP) is 5.39. The number of piperazine rings is 1. The number of benzene rings is 3. The quantitative estimate of drug-likeness (QED) is 0.134. The maximum atomic E-state index is 15.8. The fourth-order valence-corrected chi connectivity index (χ4v) is 8.70. The molecule has 3 amide bonds. The largest absolute Gasteiger partial charge is 0.339 e. The van der Waals surface area contributed by atoms with Crippen molar-refractivity contribution in [2.24, 2.45) is 13.0 Å². The highest BCUT2D eigenvalue weighted by atomic mass is 35.5. The fourth-order valence-electron chi connectivity index (χ4n) is 7.86. The Balaban J connectivity index is 0.978. The maximum Gasteiger partial charge on any atom is 0.291 e. The van der Waals surface area contributed by atoms with E-state index in [9.17, 15) is 27.2 Å². The van der Waals surface area contributed by atoms with Crippen molar-refractivity contribution in [3.05, 3.63) is 107 Å². The fraction of sp³-hybridized carbons (Fsp3) is 0.357. The van der Waals surface area contributed by atoms with Gasteiger partial charge < -0.3 is 24.2 Å². The van der Waals surface area contributed by atoms with E-state index in [4.69, 9.17) is 11.6 Å². The number of hydrogen-bond acceptors (Lipinski definition) is 7. The van der Waals surface area contributed by atoms with E-state index in [0.29, 0.717) is 31.9 Å². The molecule has 0 spiro atoms. The number of quaternary nitrogens is 1. The number of aryl methyl sites for hydroxylation is 1. The van der Waals surface area contributed by atoms with Gasteiger partial charge in [-0.25, -0.2) is 26.6 Å². The zero-order valence-electron chi connectivity index (χ0n) is 34.1. The zero-order chi connectivity index (χ0) is 43.7. The molecule has 4 heterocycles. The highest BCUT2D eigenvalue weighted by Gasteiger charge is 2.35. The first-order valence-corrected chi connectivity index (χ1v) is 21.2. The molecule has 5 aromatic rings. The molecule has 0 aliphatic carbocycles. The molecule has 1 N–H and O–H groups in total. The molecule has 0 unspecified atom stereocenters. The lowest BCUT2D eigenvalue weighted by molar-refractivity contribution is -0.895. The number of carbonyl (C=O) groups excluding carboxylic acids is 3. The van der Waals surface area contributed by atoms with Crippen LogP contribution in [0.25, 0.3) is 22.4 Å². The van der Waals surface area contributed by atoms with E-state index in [2.05, 4.69) is 29.5 Å². The monoisotopic (exact) mass is 880 g/mol. The number of imidazole rings is 1. The molecule has 19 heteroatoms. The number of anilines is 2. The van der Waals surface area contributed by atoms with Crippen molar-refractivity contribution >= 4 is 51.6 Å². The van der Waals surface area contributed by atoms with E-state index < -0.39 is 34.2 Å². The Hall–Kier alpha value is -5.72. The number of aromatic nitrogens is 4. The smallest absolute Gasteiger partial charge is 0.291 e. The molecular weight excluding hydrogens is 835 g/mol. The van der Waals surface area contributed by atoms with E-state index in [1.165, 1.54) is 71.2 Å². The Bertz CT molecular complexity index is 2550. The van der Waals surface area contributed by atoms with Crippen LogP contribution in [0.1, 0.15) is 39.5 Å². The summed E-state index contributed by atoms with van der Waals surface area (Å²) < 4.78 is 73.5. The molecular formula is C42H46ClF3N9O5S+. The van der Waals surface area contributed by atoms with E-state index in [1.54, 1.807) is 11.8 Å². The highest BCUT2D eigenvalue weighted by molar-refractivity contribution is 7.74. The van der Waals surface area contributed by atoms with Gasteiger partial charge in [0.15, 0.2) is 17.5 Å². The van der Waals surface area contributed by atoms with E-state index >= 15 is 8.78 Å². The van der Waals surface area contributed by atoms with Gasteiger partial charge in [-0.05, 0) is 55.5 Å². The minimum Gasteiger partial charge on any atom is -0.339 e. The van der Waals surface area contributed by atoms with Crippen LogP contribution in [0.15, 0.2) is 67.0 Å². The SMILES string of the molecule is Cc1nn(CCN(c2ccc(F)cc2)[SH](=O)=O)cc1-c1ccc(-c2cnc(C(=O)Nc3ccc(C(=O)N4CCN(C(=O)C5CC[N+](C)(C)CC5)CC4)c(Cl)c3)n2C)c(F)c1F. The number of nitrogens with one attached hydrogen (secondary N) is 1. The van der Waals surface area contributed by atoms with E-state index in [0.717, 1.165) is 46.9 Å². The molecule has 7 rings (SSSR count). The average Bonchev–Trinajstić information content (AvgIpc) is 3.80. The summed E-state index contributed by atoms with van der Waals surface area (Å²) in [4.78, 5) is 47.7. The van der Waals surface area contributed by atoms with Crippen molar-refractivity contribution in [1.82, 2.24) is 29.1 Å². The number of halogens is 4. The molecule has 2 fully saturated rings. The number of rotatable bonds is 11. The molecule has 61 heavy (non-hydrogen) atoms. The first-order valence-electron chi connectivity index (χ1n) is 19.7. The first-order chi connectivity index (χ1) is 29.0. The minimum absolute atomic E-state index is 0.0170. The Morgan fingerprint density at radius 2 is 1.54 bits per heavy atom. The van der Waals surface area contributed by atoms with Crippen molar-refractivity contribution in [1.29, 1.82) is 0 Å². The standard InChI is InChI=1S/C42H45ClF3N9O5S/c1-26-34(25-53(49-26)19-20-54(61(59)60)30-8-5-28(44)6-9-30)31-11-12-33(38(46)37(31)45)36-24-47-39(50(36)2)40(56)48-29-7-10-32(35(43)23-29)42(58)52-17-15-51(16-18-52)41(57)27-13-21-55(3,4)22-14-27/h5-12,23-25,27,61H,13-22H2,1-4H3/p+1. The molecule has 3 aromatic carbocycles. The maximum absolute atomic E-state index is 15.8. The molecule has 2 aliphatic rings. The molecule has 2 aliphatic heterocycles. The van der Waals surface area contributed by atoms with Gasteiger partial charge in [0.25, 0.3) is 11.8 Å². The van der Waals surface area contributed by atoms with Crippen LogP contribution in [0, 0.1) is 30.3 Å². The summed E-state index contributed by atoms with van der Waals surface area (Å²) in [5, 5.41) is 7.18.